The Morgan fingerprint density at radius 1 is 0.966 bits per heavy atom. The van der Waals surface area contributed by atoms with Gasteiger partial charge >= 0.3 is 0 Å². The molecule has 3 aromatic carbocycles. The zero-order chi connectivity index (χ0) is 20.8. The summed E-state index contributed by atoms with van der Waals surface area (Å²) in [4.78, 5) is 13.0. The number of nitrogens with zero attached hydrogens (tertiary/aromatic N) is 1. The first-order chi connectivity index (χ1) is 13.8. The first kappa shape index (κ1) is 19.2. The van der Waals surface area contributed by atoms with Gasteiger partial charge in [0.25, 0.3) is 5.91 Å². The Morgan fingerprint density at radius 2 is 1.69 bits per heavy atom. The number of benzene rings is 3. The van der Waals surface area contributed by atoms with Crippen LogP contribution in [0.15, 0.2) is 65.6 Å². The molecule has 0 saturated carbocycles. The van der Waals surface area contributed by atoms with E-state index in [-0.39, 0.29) is 10.8 Å². The Labute approximate surface area is 169 Å². The zero-order valence-electron chi connectivity index (χ0n) is 16.6. The van der Waals surface area contributed by atoms with E-state index in [1.165, 1.54) is 12.1 Å². The lowest BCUT2D eigenvalue weighted by Crippen LogP contribution is -2.14. The van der Waals surface area contributed by atoms with Gasteiger partial charge in [0.15, 0.2) is 9.84 Å². The van der Waals surface area contributed by atoms with Gasteiger partial charge in [0, 0.05) is 45.9 Å². The second kappa shape index (κ2) is 7.04. The minimum Gasteiger partial charge on any atom is -0.341 e. The third-order valence-electron chi connectivity index (χ3n) is 5.23. The number of aryl methyl sites for hydroxylation is 2. The second-order valence-electron chi connectivity index (χ2n) is 7.20. The maximum atomic E-state index is 12.9. The molecule has 0 aliphatic rings. The Kier molecular flexibility index (Phi) is 4.67. The number of carbonyl (C=O) groups is 1. The number of amides is 1. The van der Waals surface area contributed by atoms with Crippen LogP contribution >= 0.6 is 0 Å². The molecule has 4 aromatic rings. The molecule has 6 heteroatoms. The standard InChI is InChI=1S/C23H22N2O3S/c1-4-25-21-8-6-5-7-18(21)20-13-16(10-12-22(20)25)24-23(26)19-14-17(29(3,27)28)11-9-15(19)2/h5-14H,4H2,1-3H3,(H,24,26). The Balaban J connectivity index is 1.75. The van der Waals surface area contributed by atoms with Crippen molar-refractivity contribution in [3.05, 3.63) is 71.8 Å². The van der Waals surface area contributed by atoms with Gasteiger partial charge in [0.05, 0.1) is 4.90 Å². The molecule has 29 heavy (non-hydrogen) atoms. The molecule has 4 rings (SSSR count). The summed E-state index contributed by atoms with van der Waals surface area (Å²) in [5.41, 5.74) is 4.01. The summed E-state index contributed by atoms with van der Waals surface area (Å²) in [7, 11) is -3.38. The van der Waals surface area contributed by atoms with Crippen molar-refractivity contribution in [2.45, 2.75) is 25.3 Å². The van der Waals surface area contributed by atoms with Crippen molar-refractivity contribution < 1.29 is 13.2 Å². The van der Waals surface area contributed by atoms with Crippen LogP contribution in [0.3, 0.4) is 0 Å². The minimum absolute atomic E-state index is 0.134. The van der Waals surface area contributed by atoms with Crippen molar-refractivity contribution in [2.75, 3.05) is 11.6 Å². The second-order valence-corrected chi connectivity index (χ2v) is 9.21. The molecule has 0 atom stereocenters. The fourth-order valence-electron chi connectivity index (χ4n) is 3.75. The summed E-state index contributed by atoms with van der Waals surface area (Å²) in [6, 6.07) is 18.7. The Bertz CT molecular complexity index is 1370. The van der Waals surface area contributed by atoms with Crippen LogP contribution in [0.4, 0.5) is 5.69 Å². The maximum Gasteiger partial charge on any atom is 0.255 e. The normalized spacial score (nSPS) is 11.8. The van der Waals surface area contributed by atoms with E-state index in [4.69, 9.17) is 0 Å². The number of carbonyl (C=O) groups excluding carboxylic acids is 1. The fraction of sp³-hybridized carbons (Fsp3) is 0.174. The molecule has 148 valence electrons. The third-order valence-corrected chi connectivity index (χ3v) is 6.34. The highest BCUT2D eigenvalue weighted by molar-refractivity contribution is 7.90. The third kappa shape index (κ3) is 3.40. The predicted octanol–water partition coefficient (Wildman–Crippen LogP) is 4.78. The molecule has 5 nitrogen and oxygen atoms in total. The molecule has 0 saturated heterocycles. The van der Waals surface area contributed by atoms with Crippen molar-refractivity contribution in [1.29, 1.82) is 0 Å². The van der Waals surface area contributed by atoms with E-state index in [0.29, 0.717) is 11.3 Å². The van der Waals surface area contributed by atoms with Gasteiger partial charge in [0.2, 0.25) is 0 Å². The van der Waals surface area contributed by atoms with Crippen molar-refractivity contribution in [1.82, 2.24) is 4.57 Å². The van der Waals surface area contributed by atoms with Gasteiger partial charge < -0.3 is 9.88 Å². The summed E-state index contributed by atoms with van der Waals surface area (Å²) >= 11 is 0. The van der Waals surface area contributed by atoms with Crippen molar-refractivity contribution in [2.24, 2.45) is 0 Å². The summed E-state index contributed by atoms with van der Waals surface area (Å²) < 4.78 is 25.9. The lowest BCUT2D eigenvalue weighted by molar-refractivity contribution is 0.102. The highest BCUT2D eigenvalue weighted by atomic mass is 32.2. The number of hydrogen-bond donors (Lipinski definition) is 1. The molecule has 0 radical (unpaired) electrons. The molecular weight excluding hydrogens is 384 g/mol. The number of sulfone groups is 1. The van der Waals surface area contributed by atoms with Crippen LogP contribution in [0.2, 0.25) is 0 Å². The first-order valence-electron chi connectivity index (χ1n) is 9.42. The van der Waals surface area contributed by atoms with E-state index in [1.54, 1.807) is 13.0 Å². The lowest BCUT2D eigenvalue weighted by Gasteiger charge is -2.10. The summed E-state index contributed by atoms with van der Waals surface area (Å²) in [6.07, 6.45) is 1.14. The number of anilines is 1. The number of rotatable bonds is 4. The number of aromatic nitrogens is 1. The maximum absolute atomic E-state index is 12.9. The van der Waals surface area contributed by atoms with Gasteiger partial charge in [-0.3, -0.25) is 4.79 Å². The van der Waals surface area contributed by atoms with Crippen molar-refractivity contribution >= 4 is 43.2 Å². The molecule has 0 spiro atoms. The SMILES string of the molecule is CCn1c2ccccc2c2cc(NC(=O)c3cc(S(C)(=O)=O)ccc3C)ccc21. The van der Waals surface area contributed by atoms with Crippen molar-refractivity contribution in [3.8, 4) is 0 Å². The molecule has 0 unspecified atom stereocenters. The molecule has 1 amide bonds. The number of hydrogen-bond acceptors (Lipinski definition) is 3. The Hall–Kier alpha value is -3.12. The summed E-state index contributed by atoms with van der Waals surface area (Å²) in [5.74, 6) is -0.327. The van der Waals surface area contributed by atoms with E-state index in [1.807, 2.05) is 30.3 Å². The lowest BCUT2D eigenvalue weighted by atomic mass is 10.1. The highest BCUT2D eigenvalue weighted by Gasteiger charge is 2.16. The minimum atomic E-state index is -3.38. The molecule has 1 heterocycles. The van der Waals surface area contributed by atoms with Crippen LogP contribution in [0, 0.1) is 6.92 Å². The van der Waals surface area contributed by atoms with E-state index in [0.717, 1.165) is 40.2 Å². The molecule has 0 aliphatic carbocycles. The van der Waals surface area contributed by atoms with Crippen LogP contribution in [-0.4, -0.2) is 25.1 Å². The summed E-state index contributed by atoms with van der Waals surface area (Å²) in [5, 5.41) is 5.12. The average molecular weight is 407 g/mol. The average Bonchev–Trinajstić information content (AvgIpc) is 3.00. The number of nitrogens with one attached hydrogen (secondary N) is 1. The first-order valence-corrected chi connectivity index (χ1v) is 11.3. The number of fused-ring (bicyclic) bond motifs is 3. The van der Waals surface area contributed by atoms with Crippen LogP contribution in [0.1, 0.15) is 22.8 Å². The topological polar surface area (TPSA) is 68.2 Å². The Morgan fingerprint density at radius 3 is 2.41 bits per heavy atom. The fourth-order valence-corrected chi connectivity index (χ4v) is 4.39. The van der Waals surface area contributed by atoms with Gasteiger partial charge in [-0.15, -0.1) is 0 Å². The van der Waals surface area contributed by atoms with Crippen molar-refractivity contribution in [3.63, 3.8) is 0 Å². The van der Waals surface area contributed by atoms with Crippen LogP contribution in [0.5, 0.6) is 0 Å². The highest BCUT2D eigenvalue weighted by Crippen LogP contribution is 2.31. The van der Waals surface area contributed by atoms with Gasteiger partial charge in [-0.05, 0) is 55.8 Å². The van der Waals surface area contributed by atoms with Gasteiger partial charge in [-0.1, -0.05) is 24.3 Å². The van der Waals surface area contributed by atoms with Gasteiger partial charge in [-0.2, -0.15) is 0 Å². The van der Waals surface area contributed by atoms with Crippen LogP contribution < -0.4 is 5.32 Å². The zero-order valence-corrected chi connectivity index (χ0v) is 17.4. The molecule has 0 bridgehead atoms. The molecule has 0 fully saturated rings. The molecule has 0 aliphatic heterocycles. The van der Waals surface area contributed by atoms with E-state index >= 15 is 0 Å². The molecular formula is C23H22N2O3S. The quantitative estimate of drug-likeness (QED) is 0.530. The van der Waals surface area contributed by atoms with E-state index in [2.05, 4.69) is 28.9 Å². The largest absolute Gasteiger partial charge is 0.341 e. The van der Waals surface area contributed by atoms with E-state index < -0.39 is 9.84 Å². The molecule has 1 aromatic heterocycles. The van der Waals surface area contributed by atoms with Gasteiger partial charge in [0.1, 0.15) is 0 Å². The van der Waals surface area contributed by atoms with Gasteiger partial charge in [-0.25, -0.2) is 8.42 Å². The summed E-state index contributed by atoms with van der Waals surface area (Å²) in [6.45, 7) is 4.76. The monoisotopic (exact) mass is 406 g/mol. The predicted molar refractivity (Wildman–Crippen MR) is 117 cm³/mol. The van der Waals surface area contributed by atoms with Crippen LogP contribution in [0.25, 0.3) is 21.8 Å². The smallest absolute Gasteiger partial charge is 0.255 e. The number of para-hydroxylation sites is 1. The van der Waals surface area contributed by atoms with E-state index in [9.17, 15) is 13.2 Å². The molecule has 1 N–H and O–H groups in total. The van der Waals surface area contributed by atoms with Crippen LogP contribution in [-0.2, 0) is 16.4 Å².